The summed E-state index contributed by atoms with van der Waals surface area (Å²) in [7, 11) is 0. The van der Waals surface area contributed by atoms with Gasteiger partial charge in [-0.2, -0.15) is 13.2 Å². The van der Waals surface area contributed by atoms with Gasteiger partial charge in [0.05, 0.1) is 12.2 Å². The van der Waals surface area contributed by atoms with E-state index < -0.39 is 17.1 Å². The third-order valence-electron chi connectivity index (χ3n) is 3.84. The number of nitrogens with one attached hydrogen (secondary N) is 2. The van der Waals surface area contributed by atoms with Gasteiger partial charge in [0.25, 0.3) is 11.8 Å². The summed E-state index contributed by atoms with van der Waals surface area (Å²) in [6.45, 7) is 3.51. The number of halogens is 3. The molecule has 0 unspecified atom stereocenters. The van der Waals surface area contributed by atoms with Crippen LogP contribution in [-0.2, 0) is 17.5 Å². The van der Waals surface area contributed by atoms with E-state index in [1.165, 1.54) is 11.8 Å². The molecule has 0 radical (unpaired) electrons. The fourth-order valence-electron chi connectivity index (χ4n) is 2.27. The number of nitrogens with zero attached hydrogens (tertiary/aromatic N) is 1. The Morgan fingerprint density at radius 2 is 2.04 bits per heavy atom. The molecule has 3 rings (SSSR count). The molecule has 27 heavy (non-hydrogen) atoms. The molecule has 10 heteroatoms. The van der Waals surface area contributed by atoms with Gasteiger partial charge in [0.1, 0.15) is 0 Å². The number of aromatic nitrogens is 1. The molecule has 2 amide bonds. The maximum absolute atomic E-state index is 12.6. The first-order valence-corrected chi connectivity index (χ1v) is 9.39. The topological polar surface area (TPSA) is 71.1 Å². The molecule has 2 N–H and O–H groups in total. The number of alkyl halides is 3. The van der Waals surface area contributed by atoms with E-state index in [0.29, 0.717) is 33.0 Å². The molecule has 1 aromatic heterocycles. The van der Waals surface area contributed by atoms with Crippen LogP contribution >= 0.6 is 23.1 Å². The van der Waals surface area contributed by atoms with E-state index in [2.05, 4.69) is 15.6 Å². The Bertz CT molecular complexity index is 951. The zero-order valence-corrected chi connectivity index (χ0v) is 15.9. The van der Waals surface area contributed by atoms with Crippen molar-refractivity contribution in [1.29, 1.82) is 0 Å². The van der Waals surface area contributed by atoms with E-state index in [4.69, 9.17) is 0 Å². The number of anilines is 1. The van der Waals surface area contributed by atoms with Gasteiger partial charge in [-0.3, -0.25) is 9.59 Å². The second-order valence-corrected chi connectivity index (χ2v) is 8.13. The van der Waals surface area contributed by atoms with Crippen LogP contribution in [0.2, 0.25) is 0 Å². The number of thiazole rings is 1. The molecule has 2 aromatic rings. The van der Waals surface area contributed by atoms with Crippen LogP contribution in [0.25, 0.3) is 0 Å². The minimum atomic E-state index is -4.50. The molecule has 0 aliphatic carbocycles. The number of allylic oxidation sites excluding steroid dienone is 1. The zero-order valence-electron chi connectivity index (χ0n) is 14.2. The van der Waals surface area contributed by atoms with E-state index in [1.54, 1.807) is 25.1 Å². The summed E-state index contributed by atoms with van der Waals surface area (Å²) in [6.07, 6.45) is -3.40. The first-order valence-electron chi connectivity index (χ1n) is 7.76. The molecule has 0 saturated carbocycles. The molecular weight excluding hydrogens is 399 g/mol. The second-order valence-electron chi connectivity index (χ2n) is 5.76. The second kappa shape index (κ2) is 7.35. The first kappa shape index (κ1) is 19.4. The van der Waals surface area contributed by atoms with Crippen molar-refractivity contribution < 1.29 is 22.8 Å². The van der Waals surface area contributed by atoms with Gasteiger partial charge in [-0.25, -0.2) is 4.98 Å². The van der Waals surface area contributed by atoms with Crippen molar-refractivity contribution in [2.45, 2.75) is 31.5 Å². The molecule has 0 spiro atoms. The van der Waals surface area contributed by atoms with Gasteiger partial charge < -0.3 is 10.6 Å². The van der Waals surface area contributed by atoms with Crippen LogP contribution in [0.1, 0.15) is 34.1 Å². The number of hydrogen-bond acceptors (Lipinski definition) is 5. The average Bonchev–Trinajstić information content (AvgIpc) is 3.06. The predicted molar refractivity (Wildman–Crippen MR) is 97.6 cm³/mol. The number of carbonyl (C=O) groups is 2. The number of hydrogen-bond donors (Lipinski definition) is 2. The fraction of sp³-hybridized carbons (Fsp3) is 0.235. The summed E-state index contributed by atoms with van der Waals surface area (Å²) in [6, 6.07) is 4.89. The largest absolute Gasteiger partial charge is 0.443 e. The van der Waals surface area contributed by atoms with Crippen LogP contribution in [0, 0.1) is 0 Å². The maximum Gasteiger partial charge on any atom is 0.443 e. The van der Waals surface area contributed by atoms with Gasteiger partial charge >= 0.3 is 6.18 Å². The van der Waals surface area contributed by atoms with Gasteiger partial charge in [0.15, 0.2) is 5.01 Å². The summed E-state index contributed by atoms with van der Waals surface area (Å²) < 4.78 is 37.7. The highest BCUT2D eigenvalue weighted by molar-refractivity contribution is 8.03. The van der Waals surface area contributed by atoms with E-state index in [9.17, 15) is 22.8 Å². The number of fused-ring (bicyclic) bond motifs is 1. The Labute approximate surface area is 161 Å². The molecular formula is C17H14F3N3O2S2. The molecule has 1 aliphatic heterocycles. The Morgan fingerprint density at radius 1 is 1.30 bits per heavy atom. The number of carbonyl (C=O) groups excluding carboxylic acids is 2. The van der Waals surface area contributed by atoms with Crippen molar-refractivity contribution in [1.82, 2.24) is 10.3 Å². The third kappa shape index (κ3) is 4.33. The van der Waals surface area contributed by atoms with Crippen LogP contribution in [0.3, 0.4) is 0 Å². The minimum Gasteiger partial charge on any atom is -0.347 e. The lowest BCUT2D eigenvalue weighted by Crippen LogP contribution is -2.22. The van der Waals surface area contributed by atoms with Crippen LogP contribution in [-0.4, -0.2) is 16.8 Å². The number of amides is 2. The molecule has 0 atom stereocenters. The average molecular weight is 413 g/mol. The molecule has 5 nitrogen and oxygen atoms in total. The molecule has 1 aromatic carbocycles. The quantitative estimate of drug-likeness (QED) is 0.781. The summed E-state index contributed by atoms with van der Waals surface area (Å²) in [5, 5.41) is 4.38. The van der Waals surface area contributed by atoms with E-state index in [0.717, 1.165) is 16.0 Å². The van der Waals surface area contributed by atoms with Crippen molar-refractivity contribution >= 4 is 40.6 Å². The van der Waals surface area contributed by atoms with Crippen LogP contribution < -0.4 is 10.6 Å². The van der Waals surface area contributed by atoms with Crippen molar-refractivity contribution in [3.8, 4) is 0 Å². The summed E-state index contributed by atoms with van der Waals surface area (Å²) in [5.74, 6) is -0.690. The molecule has 2 heterocycles. The van der Waals surface area contributed by atoms with Gasteiger partial charge in [0, 0.05) is 27.1 Å². The van der Waals surface area contributed by atoms with Crippen molar-refractivity contribution in [3.63, 3.8) is 0 Å². The first-order chi connectivity index (χ1) is 12.6. The highest BCUT2D eigenvalue weighted by atomic mass is 32.2. The number of benzene rings is 1. The molecule has 0 fully saturated rings. The monoisotopic (exact) mass is 413 g/mol. The Morgan fingerprint density at radius 3 is 2.70 bits per heavy atom. The predicted octanol–water partition coefficient (Wildman–Crippen LogP) is 4.43. The SMILES string of the molecule is CC1=C(C)C(=O)Nc2cc(C(=O)NCc3cnc(C(F)(F)F)s3)ccc2S1. The lowest BCUT2D eigenvalue weighted by molar-refractivity contribution is -0.137. The maximum atomic E-state index is 12.6. The van der Waals surface area contributed by atoms with Gasteiger partial charge in [-0.05, 0) is 37.0 Å². The van der Waals surface area contributed by atoms with Crippen LogP contribution in [0.15, 0.2) is 39.8 Å². The normalized spacial score (nSPS) is 14.5. The Kier molecular flexibility index (Phi) is 5.29. The Hall–Kier alpha value is -2.33. The molecule has 0 bridgehead atoms. The van der Waals surface area contributed by atoms with Crippen LogP contribution in [0.4, 0.5) is 18.9 Å². The van der Waals surface area contributed by atoms with Crippen molar-refractivity contribution in [2.24, 2.45) is 0 Å². The lowest BCUT2D eigenvalue weighted by atomic mass is 10.1. The number of thioether (sulfide) groups is 1. The number of rotatable bonds is 3. The Balaban J connectivity index is 1.71. The highest BCUT2D eigenvalue weighted by Gasteiger charge is 2.34. The molecule has 1 aliphatic rings. The van der Waals surface area contributed by atoms with Crippen molar-refractivity contribution in [3.05, 3.63) is 50.3 Å². The highest BCUT2D eigenvalue weighted by Crippen LogP contribution is 2.37. The molecule has 142 valence electrons. The van der Waals surface area contributed by atoms with E-state index >= 15 is 0 Å². The van der Waals surface area contributed by atoms with E-state index in [1.807, 2.05) is 6.92 Å². The summed E-state index contributed by atoms with van der Waals surface area (Å²) in [5.41, 5.74) is 1.42. The zero-order chi connectivity index (χ0) is 19.8. The molecule has 0 saturated heterocycles. The van der Waals surface area contributed by atoms with Gasteiger partial charge in [-0.15, -0.1) is 11.3 Å². The fourth-order valence-corrected chi connectivity index (χ4v) is 3.92. The summed E-state index contributed by atoms with van der Waals surface area (Å²) >= 11 is 1.92. The van der Waals surface area contributed by atoms with Crippen LogP contribution in [0.5, 0.6) is 0 Å². The van der Waals surface area contributed by atoms with Crippen molar-refractivity contribution in [2.75, 3.05) is 5.32 Å². The summed E-state index contributed by atoms with van der Waals surface area (Å²) in [4.78, 5) is 29.7. The van der Waals surface area contributed by atoms with Gasteiger partial charge in [-0.1, -0.05) is 11.8 Å². The lowest BCUT2D eigenvalue weighted by Gasteiger charge is -2.09. The third-order valence-corrected chi connectivity index (χ3v) is 6.07. The smallest absolute Gasteiger partial charge is 0.347 e. The van der Waals surface area contributed by atoms with E-state index in [-0.39, 0.29) is 12.5 Å². The van der Waals surface area contributed by atoms with Gasteiger partial charge in [0.2, 0.25) is 0 Å². The standard InChI is InChI=1S/C17H14F3N3O2S2/c1-8-9(2)26-13-4-3-10(5-12(13)23-14(8)24)15(25)21-6-11-7-22-16(27-11)17(18,19)20/h3-5,7H,6H2,1-2H3,(H,21,25)(H,23,24). The minimum absolute atomic E-state index is 0.0649.